The van der Waals surface area contributed by atoms with Gasteiger partial charge < -0.3 is 10.0 Å². The van der Waals surface area contributed by atoms with Gasteiger partial charge in [-0.1, -0.05) is 25.1 Å². The van der Waals surface area contributed by atoms with Crippen molar-refractivity contribution in [2.75, 3.05) is 50.7 Å². The molecule has 35 heavy (non-hydrogen) atoms. The molecule has 0 saturated carbocycles. The molecule has 2 aliphatic rings. The Balaban J connectivity index is 1.12. The van der Waals surface area contributed by atoms with Crippen molar-refractivity contribution >= 4 is 5.69 Å². The standard InChI is InChI=1S/C29H37N5O/c1-2-14-33(24-9-11-26-23(21-24)6-5-8-29(26)35)18-15-32-16-19-34(20-17-32)25-10-12-28(31-22-25)27-7-3-4-13-30-27/h3-8,10,12-13,22,24,35H,2,9,11,14-21H2,1H3. The second kappa shape index (κ2) is 11.2. The molecule has 3 heterocycles. The van der Waals surface area contributed by atoms with Gasteiger partial charge in [-0.2, -0.15) is 0 Å². The number of phenolic OH excluding ortho intramolecular Hbond substituents is 1. The van der Waals surface area contributed by atoms with E-state index in [0.717, 1.165) is 76.5 Å². The molecule has 0 radical (unpaired) electrons. The smallest absolute Gasteiger partial charge is 0.119 e. The molecule has 1 aliphatic carbocycles. The summed E-state index contributed by atoms with van der Waals surface area (Å²) in [5.41, 5.74) is 5.53. The number of anilines is 1. The number of hydrogen-bond donors (Lipinski definition) is 1. The van der Waals surface area contributed by atoms with Crippen LogP contribution in [0.5, 0.6) is 5.75 Å². The first-order valence-electron chi connectivity index (χ1n) is 13.1. The maximum atomic E-state index is 10.2. The number of benzene rings is 1. The predicted octanol–water partition coefficient (Wildman–Crippen LogP) is 4.24. The summed E-state index contributed by atoms with van der Waals surface area (Å²) in [7, 11) is 0. The Morgan fingerprint density at radius 3 is 2.54 bits per heavy atom. The molecule has 2 aromatic heterocycles. The van der Waals surface area contributed by atoms with E-state index < -0.39 is 0 Å². The molecule has 1 aliphatic heterocycles. The van der Waals surface area contributed by atoms with Gasteiger partial charge in [0.1, 0.15) is 5.75 Å². The number of piperazine rings is 1. The van der Waals surface area contributed by atoms with Crippen molar-refractivity contribution in [3.05, 3.63) is 72.1 Å². The molecule has 1 atom stereocenters. The van der Waals surface area contributed by atoms with E-state index in [1.807, 2.05) is 42.7 Å². The van der Waals surface area contributed by atoms with Crippen molar-refractivity contribution in [3.8, 4) is 17.1 Å². The predicted molar refractivity (Wildman–Crippen MR) is 142 cm³/mol. The van der Waals surface area contributed by atoms with E-state index >= 15 is 0 Å². The molecular formula is C29H37N5O. The summed E-state index contributed by atoms with van der Waals surface area (Å²) in [6.45, 7) is 9.91. The van der Waals surface area contributed by atoms with Gasteiger partial charge >= 0.3 is 0 Å². The molecule has 1 fully saturated rings. The van der Waals surface area contributed by atoms with E-state index in [1.54, 1.807) is 0 Å². The van der Waals surface area contributed by atoms with Gasteiger partial charge in [0.15, 0.2) is 0 Å². The van der Waals surface area contributed by atoms with Crippen LogP contribution in [0.25, 0.3) is 11.4 Å². The van der Waals surface area contributed by atoms with Crippen LogP contribution in [0, 0.1) is 0 Å². The summed E-state index contributed by atoms with van der Waals surface area (Å²) >= 11 is 0. The van der Waals surface area contributed by atoms with E-state index in [1.165, 1.54) is 23.2 Å². The molecule has 6 heteroatoms. The molecule has 0 bridgehead atoms. The van der Waals surface area contributed by atoms with Gasteiger partial charge in [-0.25, -0.2) is 0 Å². The largest absolute Gasteiger partial charge is 0.508 e. The molecule has 5 rings (SSSR count). The topological polar surface area (TPSA) is 55.7 Å². The van der Waals surface area contributed by atoms with E-state index in [2.05, 4.69) is 49.8 Å². The van der Waals surface area contributed by atoms with Gasteiger partial charge in [-0.3, -0.25) is 19.8 Å². The Bertz CT molecular complexity index is 1080. The highest BCUT2D eigenvalue weighted by Gasteiger charge is 2.26. The van der Waals surface area contributed by atoms with Crippen LogP contribution in [0.4, 0.5) is 5.69 Å². The molecule has 6 nitrogen and oxygen atoms in total. The van der Waals surface area contributed by atoms with Crippen molar-refractivity contribution in [2.45, 2.75) is 38.6 Å². The highest BCUT2D eigenvalue weighted by molar-refractivity contribution is 5.57. The first-order valence-corrected chi connectivity index (χ1v) is 13.1. The quantitative estimate of drug-likeness (QED) is 0.530. The van der Waals surface area contributed by atoms with Crippen molar-refractivity contribution in [1.29, 1.82) is 0 Å². The Morgan fingerprint density at radius 1 is 0.943 bits per heavy atom. The van der Waals surface area contributed by atoms with Crippen molar-refractivity contribution in [1.82, 2.24) is 19.8 Å². The minimum atomic E-state index is 0.474. The van der Waals surface area contributed by atoms with Gasteiger partial charge in [0, 0.05) is 51.5 Å². The molecule has 1 N–H and O–H groups in total. The molecule has 0 amide bonds. The van der Waals surface area contributed by atoms with E-state index in [-0.39, 0.29) is 0 Å². The summed E-state index contributed by atoms with van der Waals surface area (Å²) in [5, 5.41) is 10.2. The SMILES string of the molecule is CCCN(CCN1CCN(c2ccc(-c3ccccn3)nc2)CC1)C1CCc2c(O)cccc2C1. The average molecular weight is 472 g/mol. The highest BCUT2D eigenvalue weighted by Crippen LogP contribution is 2.30. The number of hydrogen-bond acceptors (Lipinski definition) is 6. The summed E-state index contributed by atoms with van der Waals surface area (Å²) < 4.78 is 0. The fourth-order valence-electron chi connectivity index (χ4n) is 5.58. The fraction of sp³-hybridized carbons (Fsp3) is 0.448. The molecule has 0 spiro atoms. The van der Waals surface area contributed by atoms with Crippen LogP contribution in [0.1, 0.15) is 30.9 Å². The molecule has 1 unspecified atom stereocenters. The summed E-state index contributed by atoms with van der Waals surface area (Å²) in [5.74, 6) is 0.474. The Morgan fingerprint density at radius 2 is 1.80 bits per heavy atom. The van der Waals surface area contributed by atoms with Crippen LogP contribution in [-0.2, 0) is 12.8 Å². The average Bonchev–Trinajstić information content (AvgIpc) is 2.92. The third-order valence-electron chi connectivity index (χ3n) is 7.57. The van der Waals surface area contributed by atoms with Crippen LogP contribution in [0.15, 0.2) is 60.9 Å². The minimum absolute atomic E-state index is 0.474. The number of aromatic hydroxyl groups is 1. The number of pyridine rings is 2. The summed E-state index contributed by atoms with van der Waals surface area (Å²) in [4.78, 5) is 16.8. The monoisotopic (exact) mass is 471 g/mol. The summed E-state index contributed by atoms with van der Waals surface area (Å²) in [6.07, 6.45) is 8.15. The number of rotatable bonds is 8. The molecular weight excluding hydrogens is 434 g/mol. The van der Waals surface area contributed by atoms with Crippen LogP contribution in [0.2, 0.25) is 0 Å². The van der Waals surface area contributed by atoms with Gasteiger partial charge in [-0.15, -0.1) is 0 Å². The van der Waals surface area contributed by atoms with Gasteiger partial charge in [-0.05, 0) is 73.7 Å². The van der Waals surface area contributed by atoms with E-state index in [9.17, 15) is 5.11 Å². The molecule has 1 aromatic carbocycles. The zero-order valence-corrected chi connectivity index (χ0v) is 20.8. The normalized spacial score (nSPS) is 18.6. The number of nitrogens with zero attached hydrogens (tertiary/aromatic N) is 5. The third-order valence-corrected chi connectivity index (χ3v) is 7.57. The van der Waals surface area contributed by atoms with Crippen molar-refractivity contribution in [3.63, 3.8) is 0 Å². The first-order chi connectivity index (χ1) is 17.2. The Labute approximate surface area is 209 Å². The lowest BCUT2D eigenvalue weighted by Gasteiger charge is -2.39. The maximum absolute atomic E-state index is 10.2. The first kappa shape index (κ1) is 23.8. The Kier molecular flexibility index (Phi) is 7.60. The summed E-state index contributed by atoms with van der Waals surface area (Å²) in [6, 6.07) is 16.8. The second-order valence-electron chi connectivity index (χ2n) is 9.79. The van der Waals surface area contributed by atoms with Crippen molar-refractivity contribution in [2.24, 2.45) is 0 Å². The maximum Gasteiger partial charge on any atom is 0.119 e. The van der Waals surface area contributed by atoms with Gasteiger partial charge in [0.05, 0.1) is 23.3 Å². The zero-order chi connectivity index (χ0) is 24.0. The van der Waals surface area contributed by atoms with Crippen LogP contribution < -0.4 is 4.90 Å². The third kappa shape index (κ3) is 5.65. The minimum Gasteiger partial charge on any atom is -0.508 e. The number of fused-ring (bicyclic) bond motifs is 1. The molecule has 184 valence electrons. The van der Waals surface area contributed by atoms with E-state index in [0.29, 0.717) is 11.8 Å². The zero-order valence-electron chi connectivity index (χ0n) is 20.8. The lowest BCUT2D eigenvalue weighted by Crippen LogP contribution is -2.50. The fourth-order valence-corrected chi connectivity index (χ4v) is 5.58. The van der Waals surface area contributed by atoms with Gasteiger partial charge in [0.2, 0.25) is 0 Å². The van der Waals surface area contributed by atoms with E-state index in [4.69, 9.17) is 0 Å². The van der Waals surface area contributed by atoms with Crippen LogP contribution >= 0.6 is 0 Å². The number of aromatic nitrogens is 2. The lowest BCUT2D eigenvalue weighted by atomic mass is 9.87. The molecule has 3 aromatic rings. The van der Waals surface area contributed by atoms with Crippen molar-refractivity contribution < 1.29 is 5.11 Å². The van der Waals surface area contributed by atoms with Gasteiger partial charge in [0.25, 0.3) is 0 Å². The lowest BCUT2D eigenvalue weighted by molar-refractivity contribution is 0.145. The number of phenols is 1. The second-order valence-corrected chi connectivity index (χ2v) is 9.79. The van der Waals surface area contributed by atoms with Crippen LogP contribution in [-0.4, -0.2) is 76.7 Å². The molecule has 1 saturated heterocycles. The highest BCUT2D eigenvalue weighted by atomic mass is 16.3. The Hall–Kier alpha value is -2.96. The van der Waals surface area contributed by atoms with Crippen LogP contribution in [0.3, 0.4) is 0 Å².